The van der Waals surface area contributed by atoms with Crippen LogP contribution in [0.5, 0.6) is 11.6 Å². The van der Waals surface area contributed by atoms with Gasteiger partial charge in [-0.1, -0.05) is 12.1 Å². The molecule has 0 aliphatic heterocycles. The lowest BCUT2D eigenvalue weighted by molar-refractivity contribution is -0.140. The summed E-state index contributed by atoms with van der Waals surface area (Å²) in [6, 6.07) is 3.44. The maximum atomic E-state index is 13.8. The summed E-state index contributed by atoms with van der Waals surface area (Å²) >= 11 is 0. The van der Waals surface area contributed by atoms with Crippen molar-refractivity contribution in [1.29, 1.82) is 0 Å². The molecule has 2 aromatic rings. The predicted octanol–water partition coefficient (Wildman–Crippen LogP) is 3.96. The molecule has 0 aliphatic rings. The molecule has 0 saturated carbocycles. The summed E-state index contributed by atoms with van der Waals surface area (Å²) in [6.07, 6.45) is -6.61. The first-order valence-electron chi connectivity index (χ1n) is 9.27. The Bertz CT molecular complexity index is 916. The first kappa shape index (κ1) is 23.7. The Kier molecular flexibility index (Phi) is 6.83. The second-order valence-electron chi connectivity index (χ2n) is 7.60. The number of rotatable bonds is 6. The van der Waals surface area contributed by atoms with Gasteiger partial charge in [-0.05, 0) is 46.2 Å². The van der Waals surface area contributed by atoms with Crippen LogP contribution in [-0.4, -0.2) is 39.2 Å². The molecule has 2 N–H and O–H groups in total. The molecule has 10 heteroatoms. The van der Waals surface area contributed by atoms with Crippen molar-refractivity contribution in [2.45, 2.75) is 52.4 Å². The predicted molar refractivity (Wildman–Crippen MR) is 101 cm³/mol. The number of alkyl halides is 3. The minimum atomic E-state index is -4.87. The Morgan fingerprint density at radius 3 is 2.40 bits per heavy atom. The molecule has 2 rings (SSSR count). The van der Waals surface area contributed by atoms with Crippen molar-refractivity contribution in [2.75, 3.05) is 13.2 Å². The van der Waals surface area contributed by atoms with Crippen molar-refractivity contribution < 1.29 is 37.7 Å². The highest BCUT2D eigenvalue weighted by Gasteiger charge is 2.39. The van der Waals surface area contributed by atoms with Crippen LogP contribution in [0.2, 0.25) is 0 Å². The van der Waals surface area contributed by atoms with E-state index in [-0.39, 0.29) is 23.7 Å². The van der Waals surface area contributed by atoms with Crippen LogP contribution in [-0.2, 0) is 16.5 Å². The average Bonchev–Trinajstić information content (AvgIpc) is 2.97. The first-order valence-corrected chi connectivity index (χ1v) is 9.27. The molecule has 1 heterocycles. The Morgan fingerprint density at radius 2 is 1.90 bits per heavy atom. The third-order valence-corrected chi connectivity index (χ3v) is 4.25. The summed E-state index contributed by atoms with van der Waals surface area (Å²) in [5, 5.41) is 23.2. The highest BCUT2D eigenvalue weighted by Crippen LogP contribution is 2.43. The number of aliphatic hydroxyl groups excluding tert-OH is 2. The highest BCUT2D eigenvalue weighted by molar-refractivity contribution is 5.89. The molecule has 0 aliphatic carbocycles. The molecule has 30 heavy (non-hydrogen) atoms. The van der Waals surface area contributed by atoms with E-state index in [0.717, 1.165) is 12.1 Å². The molecule has 0 amide bonds. The van der Waals surface area contributed by atoms with Gasteiger partial charge < -0.3 is 19.7 Å². The van der Waals surface area contributed by atoms with Gasteiger partial charge in [-0.15, -0.1) is 0 Å². The number of hydrogen-bond donors (Lipinski definition) is 2. The van der Waals surface area contributed by atoms with Gasteiger partial charge in [0, 0.05) is 5.56 Å². The zero-order chi connectivity index (χ0) is 22.9. The van der Waals surface area contributed by atoms with Crippen molar-refractivity contribution in [1.82, 2.24) is 9.78 Å². The van der Waals surface area contributed by atoms with Crippen LogP contribution in [0.25, 0.3) is 0 Å². The van der Waals surface area contributed by atoms with E-state index < -0.39 is 47.3 Å². The molecule has 0 radical (unpaired) electrons. The highest BCUT2D eigenvalue weighted by atomic mass is 19.4. The quantitative estimate of drug-likeness (QED) is 0.674. The zero-order valence-electron chi connectivity index (χ0n) is 17.4. The lowest BCUT2D eigenvalue weighted by Crippen LogP contribution is -2.24. The van der Waals surface area contributed by atoms with E-state index >= 15 is 0 Å². The van der Waals surface area contributed by atoms with Gasteiger partial charge in [0.2, 0.25) is 5.88 Å². The molecule has 166 valence electrons. The van der Waals surface area contributed by atoms with Gasteiger partial charge in [0.25, 0.3) is 0 Å². The zero-order valence-corrected chi connectivity index (χ0v) is 17.4. The van der Waals surface area contributed by atoms with Gasteiger partial charge in [-0.3, -0.25) is 0 Å². The number of halogens is 3. The van der Waals surface area contributed by atoms with Crippen LogP contribution in [0.1, 0.15) is 61.0 Å². The number of aromatic nitrogens is 2. The lowest BCUT2D eigenvalue weighted by Gasteiger charge is -2.24. The van der Waals surface area contributed by atoms with Crippen LogP contribution in [0.15, 0.2) is 18.2 Å². The van der Waals surface area contributed by atoms with Crippen molar-refractivity contribution in [3.05, 3.63) is 40.6 Å². The van der Waals surface area contributed by atoms with Crippen LogP contribution in [0.3, 0.4) is 0 Å². The van der Waals surface area contributed by atoms with Crippen LogP contribution in [0.4, 0.5) is 13.2 Å². The second kappa shape index (κ2) is 8.65. The van der Waals surface area contributed by atoms with E-state index in [4.69, 9.17) is 14.6 Å². The number of ether oxygens (including phenoxy) is 2. The van der Waals surface area contributed by atoms with Gasteiger partial charge in [0.05, 0.1) is 18.8 Å². The van der Waals surface area contributed by atoms with Gasteiger partial charge >= 0.3 is 12.1 Å². The third-order valence-electron chi connectivity index (χ3n) is 4.25. The van der Waals surface area contributed by atoms with Gasteiger partial charge in [-0.25, -0.2) is 9.48 Å². The summed E-state index contributed by atoms with van der Waals surface area (Å²) < 4.78 is 53.4. The molecule has 0 bridgehead atoms. The number of aliphatic hydroxyl groups is 2. The van der Waals surface area contributed by atoms with Crippen molar-refractivity contribution in [2.24, 2.45) is 0 Å². The molecule has 1 aromatic carbocycles. The smallest absolute Gasteiger partial charge is 0.420 e. The van der Waals surface area contributed by atoms with Crippen molar-refractivity contribution >= 4 is 5.97 Å². The number of hydrogen-bond acceptors (Lipinski definition) is 6. The topological polar surface area (TPSA) is 93.8 Å². The lowest BCUT2D eigenvalue weighted by atomic mass is 10.0. The maximum absolute atomic E-state index is 13.8. The van der Waals surface area contributed by atoms with Gasteiger partial charge in [0.15, 0.2) is 5.69 Å². The van der Waals surface area contributed by atoms with E-state index in [1.54, 1.807) is 27.7 Å². The van der Waals surface area contributed by atoms with E-state index in [1.165, 1.54) is 17.7 Å². The minimum absolute atomic E-state index is 0.0632. The average molecular weight is 430 g/mol. The van der Waals surface area contributed by atoms with Crippen LogP contribution < -0.4 is 4.74 Å². The van der Waals surface area contributed by atoms with E-state index in [1.807, 2.05) is 0 Å². The molecular formula is C20H25F3N2O5. The van der Waals surface area contributed by atoms with Gasteiger partial charge in [-0.2, -0.15) is 18.3 Å². The maximum Gasteiger partial charge on any atom is 0.420 e. The van der Waals surface area contributed by atoms with Crippen molar-refractivity contribution in [3.8, 4) is 11.6 Å². The number of carbonyl (C=O) groups is 1. The van der Waals surface area contributed by atoms with E-state index in [0.29, 0.717) is 0 Å². The summed E-state index contributed by atoms with van der Waals surface area (Å²) in [4.78, 5) is 12.2. The Hall–Kier alpha value is -2.59. The summed E-state index contributed by atoms with van der Waals surface area (Å²) in [5.74, 6) is -1.37. The normalized spacial score (nSPS) is 13.3. The molecule has 0 spiro atoms. The van der Waals surface area contributed by atoms with Crippen LogP contribution >= 0.6 is 0 Å². The van der Waals surface area contributed by atoms with E-state index in [2.05, 4.69) is 5.10 Å². The molecule has 7 nitrogen and oxygen atoms in total. The Balaban J connectivity index is 2.69. The van der Waals surface area contributed by atoms with Crippen molar-refractivity contribution in [3.63, 3.8) is 0 Å². The fourth-order valence-corrected chi connectivity index (χ4v) is 2.87. The number of esters is 1. The summed E-state index contributed by atoms with van der Waals surface area (Å²) in [6.45, 7) is 7.58. The van der Waals surface area contributed by atoms with Gasteiger partial charge in [0.1, 0.15) is 17.4 Å². The number of nitrogens with zero attached hydrogens (tertiary/aromatic N) is 2. The monoisotopic (exact) mass is 430 g/mol. The summed E-state index contributed by atoms with van der Waals surface area (Å²) in [5.41, 5.74) is -2.32. The van der Waals surface area contributed by atoms with Crippen LogP contribution in [0, 0.1) is 6.92 Å². The standard InChI is InChI=1S/C20H25F3N2O5/c1-6-29-18(28)16-11(2)17(25(24-16)19(3,4)5)30-14-9-7-8-12(13(27)10-26)15(14)20(21,22)23/h7-9,13,26-27H,6,10H2,1-5H3. The Morgan fingerprint density at radius 1 is 1.27 bits per heavy atom. The summed E-state index contributed by atoms with van der Waals surface area (Å²) in [7, 11) is 0. The molecule has 1 atom stereocenters. The fraction of sp³-hybridized carbons (Fsp3) is 0.500. The molecule has 1 unspecified atom stereocenters. The molecule has 1 aromatic heterocycles. The Labute approximate surface area is 172 Å². The largest absolute Gasteiger partial charge is 0.461 e. The molecular weight excluding hydrogens is 405 g/mol. The number of carbonyl (C=O) groups excluding carboxylic acids is 1. The van der Waals surface area contributed by atoms with E-state index in [9.17, 15) is 23.1 Å². The SMILES string of the molecule is CCOC(=O)c1nn(C(C)(C)C)c(Oc2cccc(C(O)CO)c2C(F)(F)F)c1C. The molecule has 0 fully saturated rings. The first-order chi connectivity index (χ1) is 13.8. The molecule has 0 saturated heterocycles. The fourth-order valence-electron chi connectivity index (χ4n) is 2.87. The minimum Gasteiger partial charge on any atom is -0.461 e. The second-order valence-corrected chi connectivity index (χ2v) is 7.60. The third kappa shape index (κ3) is 4.76. The number of benzene rings is 1.